The van der Waals surface area contributed by atoms with Crippen LogP contribution in [0.1, 0.15) is 53.5 Å². The van der Waals surface area contributed by atoms with E-state index in [0.717, 1.165) is 17.1 Å². The van der Waals surface area contributed by atoms with Crippen molar-refractivity contribution in [1.82, 2.24) is 14.8 Å². The highest BCUT2D eigenvalue weighted by atomic mass is 32.1. The van der Waals surface area contributed by atoms with Gasteiger partial charge in [-0.05, 0) is 42.2 Å². The highest BCUT2D eigenvalue weighted by Gasteiger charge is 2.46. The van der Waals surface area contributed by atoms with Gasteiger partial charge in [0.15, 0.2) is 5.13 Å². The monoisotopic (exact) mass is 490 g/mol. The lowest BCUT2D eigenvalue weighted by Gasteiger charge is -2.39. The van der Waals surface area contributed by atoms with Gasteiger partial charge in [0, 0.05) is 26.2 Å². The third kappa shape index (κ3) is 4.10. The van der Waals surface area contributed by atoms with Crippen LogP contribution in [0.25, 0.3) is 10.2 Å². The molecule has 2 aliphatic rings. The third-order valence-electron chi connectivity index (χ3n) is 7.25. The van der Waals surface area contributed by atoms with E-state index in [9.17, 15) is 14.4 Å². The van der Waals surface area contributed by atoms with Gasteiger partial charge in [0.05, 0.1) is 21.3 Å². The SMILES string of the molecule is CCc1ccc2nc(N3CCN(C(=O)C(C(C)CC)N4C(=O)c5ccccc5C4=O)CC3)sc2c1. The smallest absolute Gasteiger partial charge is 0.262 e. The third-order valence-corrected chi connectivity index (χ3v) is 8.33. The van der Waals surface area contributed by atoms with Crippen LogP contribution in [0.4, 0.5) is 5.13 Å². The molecule has 8 heteroatoms. The van der Waals surface area contributed by atoms with Crippen molar-refractivity contribution in [3.05, 3.63) is 59.2 Å². The molecule has 2 atom stereocenters. The molecule has 0 aliphatic carbocycles. The molecular weight excluding hydrogens is 460 g/mol. The Morgan fingerprint density at radius 3 is 2.26 bits per heavy atom. The highest BCUT2D eigenvalue weighted by Crippen LogP contribution is 2.32. The summed E-state index contributed by atoms with van der Waals surface area (Å²) in [5.41, 5.74) is 3.06. The summed E-state index contributed by atoms with van der Waals surface area (Å²) in [7, 11) is 0. The van der Waals surface area contributed by atoms with Crippen LogP contribution in [-0.4, -0.2) is 64.7 Å². The van der Waals surface area contributed by atoms with Gasteiger partial charge in [0.1, 0.15) is 6.04 Å². The summed E-state index contributed by atoms with van der Waals surface area (Å²) in [6, 6.07) is 12.4. The predicted octanol–water partition coefficient (Wildman–Crippen LogP) is 4.22. The first-order valence-electron chi connectivity index (χ1n) is 12.3. The number of nitrogens with zero attached hydrogens (tertiary/aromatic N) is 4. The second-order valence-corrected chi connectivity index (χ2v) is 10.3. The lowest BCUT2D eigenvalue weighted by Crippen LogP contribution is -2.58. The molecule has 35 heavy (non-hydrogen) atoms. The molecule has 1 saturated heterocycles. The number of hydrogen-bond donors (Lipinski definition) is 0. The molecule has 0 bridgehead atoms. The van der Waals surface area contributed by atoms with Gasteiger partial charge >= 0.3 is 0 Å². The van der Waals surface area contributed by atoms with Crippen molar-refractivity contribution in [3.8, 4) is 0 Å². The number of carbonyl (C=O) groups is 3. The molecular formula is C27H30N4O3S. The van der Waals surface area contributed by atoms with Crippen LogP contribution < -0.4 is 4.90 Å². The largest absolute Gasteiger partial charge is 0.345 e. The molecule has 3 aromatic rings. The van der Waals surface area contributed by atoms with Crippen molar-refractivity contribution in [2.24, 2.45) is 5.92 Å². The number of fused-ring (bicyclic) bond motifs is 2. The fourth-order valence-corrected chi connectivity index (χ4v) is 5.99. The van der Waals surface area contributed by atoms with Crippen molar-refractivity contribution < 1.29 is 14.4 Å². The number of aryl methyl sites for hydroxylation is 1. The van der Waals surface area contributed by atoms with E-state index in [1.54, 1.807) is 40.5 Å². The van der Waals surface area contributed by atoms with E-state index >= 15 is 0 Å². The van der Waals surface area contributed by atoms with Gasteiger partial charge in [-0.15, -0.1) is 0 Å². The van der Waals surface area contributed by atoms with Crippen molar-refractivity contribution >= 4 is 44.4 Å². The number of piperazine rings is 1. The number of rotatable bonds is 6. The Morgan fingerprint density at radius 1 is 1.00 bits per heavy atom. The molecule has 3 amide bonds. The summed E-state index contributed by atoms with van der Waals surface area (Å²) in [4.78, 5) is 50.1. The van der Waals surface area contributed by atoms with Gasteiger partial charge in [0.2, 0.25) is 5.91 Å². The summed E-state index contributed by atoms with van der Waals surface area (Å²) in [5.74, 6) is -1.03. The molecule has 2 unspecified atom stereocenters. The molecule has 3 heterocycles. The zero-order valence-corrected chi connectivity index (χ0v) is 21.2. The molecule has 0 radical (unpaired) electrons. The minimum Gasteiger partial charge on any atom is -0.345 e. The van der Waals surface area contributed by atoms with Crippen molar-refractivity contribution in [3.63, 3.8) is 0 Å². The highest BCUT2D eigenvalue weighted by molar-refractivity contribution is 7.22. The molecule has 7 nitrogen and oxygen atoms in total. The Labute approximate surface area is 209 Å². The Morgan fingerprint density at radius 2 is 1.66 bits per heavy atom. The number of amides is 3. The van der Waals surface area contributed by atoms with E-state index in [2.05, 4.69) is 30.0 Å². The Bertz CT molecular complexity index is 1260. The van der Waals surface area contributed by atoms with Gasteiger partial charge < -0.3 is 9.80 Å². The van der Waals surface area contributed by atoms with Crippen molar-refractivity contribution in [2.45, 2.75) is 39.7 Å². The number of aromatic nitrogens is 1. The molecule has 1 fully saturated rings. The molecule has 182 valence electrons. The van der Waals surface area contributed by atoms with Crippen LogP contribution in [0.3, 0.4) is 0 Å². The van der Waals surface area contributed by atoms with E-state index in [0.29, 0.717) is 43.7 Å². The number of anilines is 1. The molecule has 0 N–H and O–H groups in total. The van der Waals surface area contributed by atoms with Gasteiger partial charge in [-0.3, -0.25) is 19.3 Å². The van der Waals surface area contributed by atoms with Crippen LogP contribution in [0, 0.1) is 5.92 Å². The predicted molar refractivity (Wildman–Crippen MR) is 138 cm³/mol. The van der Waals surface area contributed by atoms with E-state index in [4.69, 9.17) is 4.98 Å². The first-order valence-corrected chi connectivity index (χ1v) is 13.1. The minimum absolute atomic E-state index is 0.139. The molecule has 2 aliphatic heterocycles. The Kier molecular flexibility index (Phi) is 6.32. The number of hydrogen-bond acceptors (Lipinski definition) is 6. The Hall–Kier alpha value is -3.26. The minimum atomic E-state index is -0.797. The quantitative estimate of drug-likeness (QED) is 0.484. The summed E-state index contributed by atoms with van der Waals surface area (Å²) in [6.07, 6.45) is 1.68. The van der Waals surface area contributed by atoms with E-state index < -0.39 is 6.04 Å². The van der Waals surface area contributed by atoms with E-state index in [1.165, 1.54) is 15.2 Å². The lowest BCUT2D eigenvalue weighted by molar-refractivity contribution is -0.137. The number of benzene rings is 2. The first kappa shape index (κ1) is 23.5. The van der Waals surface area contributed by atoms with Crippen LogP contribution in [-0.2, 0) is 11.2 Å². The van der Waals surface area contributed by atoms with Crippen molar-refractivity contribution in [2.75, 3.05) is 31.1 Å². The topological polar surface area (TPSA) is 73.8 Å². The number of thiazole rings is 1. The van der Waals surface area contributed by atoms with E-state index in [-0.39, 0.29) is 23.6 Å². The maximum atomic E-state index is 13.7. The molecule has 0 spiro atoms. The second-order valence-electron chi connectivity index (χ2n) is 9.32. The maximum absolute atomic E-state index is 13.7. The fourth-order valence-electron chi connectivity index (χ4n) is 4.91. The maximum Gasteiger partial charge on any atom is 0.262 e. The first-order chi connectivity index (χ1) is 16.9. The van der Waals surface area contributed by atoms with Crippen LogP contribution in [0.15, 0.2) is 42.5 Å². The summed E-state index contributed by atoms with van der Waals surface area (Å²) in [6.45, 7) is 8.47. The van der Waals surface area contributed by atoms with Gasteiger partial charge in [-0.2, -0.15) is 0 Å². The Balaban J connectivity index is 1.32. The summed E-state index contributed by atoms with van der Waals surface area (Å²) in [5, 5.41) is 0.971. The number of imide groups is 1. The fraction of sp³-hybridized carbons (Fsp3) is 0.407. The van der Waals surface area contributed by atoms with Crippen molar-refractivity contribution in [1.29, 1.82) is 0 Å². The normalized spacial score (nSPS) is 17.7. The average molecular weight is 491 g/mol. The zero-order chi connectivity index (χ0) is 24.7. The van der Waals surface area contributed by atoms with Crippen LogP contribution in [0.5, 0.6) is 0 Å². The molecule has 5 rings (SSSR count). The molecule has 2 aromatic carbocycles. The molecule has 0 saturated carbocycles. The lowest BCUT2D eigenvalue weighted by atomic mass is 9.95. The zero-order valence-electron chi connectivity index (χ0n) is 20.4. The second kappa shape index (κ2) is 9.41. The summed E-state index contributed by atoms with van der Waals surface area (Å²) < 4.78 is 1.18. The van der Waals surface area contributed by atoms with Gasteiger partial charge in [0.25, 0.3) is 11.8 Å². The van der Waals surface area contributed by atoms with Crippen LogP contribution >= 0.6 is 11.3 Å². The van der Waals surface area contributed by atoms with E-state index in [1.807, 2.05) is 13.8 Å². The molecule has 1 aromatic heterocycles. The number of carbonyl (C=O) groups excluding carboxylic acids is 3. The summed E-state index contributed by atoms with van der Waals surface area (Å²) >= 11 is 1.69. The van der Waals surface area contributed by atoms with Gasteiger partial charge in [-0.25, -0.2) is 4.98 Å². The van der Waals surface area contributed by atoms with Crippen LogP contribution in [0.2, 0.25) is 0 Å². The average Bonchev–Trinajstić information content (AvgIpc) is 3.43. The van der Waals surface area contributed by atoms with Gasteiger partial charge in [-0.1, -0.05) is 56.7 Å². The standard InChI is InChI=1S/C27H30N4O3S/c1-4-17(3)23(31-24(32)19-8-6-7-9-20(19)25(31)33)26(34)29-12-14-30(15-13-29)27-28-21-11-10-18(5-2)16-22(21)35-27/h6-11,16-17,23H,4-5,12-15H2,1-3H3.